The Morgan fingerprint density at radius 1 is 1.17 bits per heavy atom. The number of epoxide rings is 2. The molecule has 0 amide bonds. The van der Waals surface area contributed by atoms with Crippen LogP contribution in [-0.4, -0.2) is 17.2 Å². The number of aromatic nitrogens is 1. The molecule has 0 saturated carbocycles. The number of nitrogens with zero attached hydrogens (tertiary/aromatic N) is 1. The molecule has 0 aromatic carbocycles. The van der Waals surface area contributed by atoms with Crippen LogP contribution in [0.5, 0.6) is 0 Å². The van der Waals surface area contributed by atoms with E-state index < -0.39 is 0 Å². The molecule has 0 radical (unpaired) electrons. The molecule has 0 unspecified atom stereocenters. The van der Waals surface area contributed by atoms with Crippen LogP contribution in [0.2, 0.25) is 0 Å². The van der Waals surface area contributed by atoms with E-state index in [-0.39, 0.29) is 12.2 Å². The Morgan fingerprint density at radius 3 is 3.00 bits per heavy atom. The van der Waals surface area contributed by atoms with Gasteiger partial charge in [0.15, 0.2) is 0 Å². The summed E-state index contributed by atoms with van der Waals surface area (Å²) >= 11 is 0. The van der Waals surface area contributed by atoms with Crippen molar-refractivity contribution in [1.29, 1.82) is 0 Å². The van der Waals surface area contributed by atoms with Crippen molar-refractivity contribution in [2.75, 3.05) is 0 Å². The normalized spacial score (nSPS) is 45.7. The Balaban J connectivity index is 1.99. The fourth-order valence-corrected chi connectivity index (χ4v) is 2.13. The van der Waals surface area contributed by atoms with Gasteiger partial charge in [0.05, 0.1) is 5.69 Å². The minimum Gasteiger partial charge on any atom is -0.361 e. The Hall–Kier alpha value is -0.930. The van der Waals surface area contributed by atoms with E-state index in [1.807, 2.05) is 12.3 Å². The lowest BCUT2D eigenvalue weighted by molar-refractivity contribution is 0.303. The van der Waals surface area contributed by atoms with Gasteiger partial charge in [-0.2, -0.15) is 0 Å². The van der Waals surface area contributed by atoms with Gasteiger partial charge in [0.2, 0.25) is 0 Å². The van der Waals surface area contributed by atoms with E-state index in [0.29, 0.717) is 12.2 Å². The van der Waals surface area contributed by atoms with Crippen molar-refractivity contribution in [3.05, 3.63) is 29.6 Å². The van der Waals surface area contributed by atoms with Gasteiger partial charge in [-0.05, 0) is 6.07 Å². The highest BCUT2D eigenvalue weighted by molar-refractivity contribution is 5.37. The number of hydrogen-bond donors (Lipinski definition) is 0. The van der Waals surface area contributed by atoms with Crippen molar-refractivity contribution in [2.45, 2.75) is 24.4 Å². The molecule has 3 nitrogen and oxygen atoms in total. The average molecular weight is 161 g/mol. The second-order valence-electron chi connectivity index (χ2n) is 3.52. The topological polar surface area (TPSA) is 38.0 Å². The molecular formula is C9H7NO2. The van der Waals surface area contributed by atoms with Crippen molar-refractivity contribution in [1.82, 2.24) is 4.98 Å². The number of pyridine rings is 1. The molecule has 2 aliphatic heterocycles. The fourth-order valence-electron chi connectivity index (χ4n) is 2.13. The van der Waals surface area contributed by atoms with Gasteiger partial charge in [-0.1, -0.05) is 6.07 Å². The van der Waals surface area contributed by atoms with E-state index in [1.54, 1.807) is 0 Å². The van der Waals surface area contributed by atoms with Crippen molar-refractivity contribution in [2.24, 2.45) is 0 Å². The third-order valence-electron chi connectivity index (χ3n) is 2.82. The van der Waals surface area contributed by atoms with Gasteiger partial charge in [0.1, 0.15) is 24.4 Å². The molecule has 0 bridgehead atoms. The summed E-state index contributed by atoms with van der Waals surface area (Å²) in [7, 11) is 0. The maximum atomic E-state index is 5.49. The molecule has 3 heteroatoms. The van der Waals surface area contributed by atoms with Gasteiger partial charge >= 0.3 is 0 Å². The van der Waals surface area contributed by atoms with Crippen molar-refractivity contribution in [3.63, 3.8) is 0 Å². The summed E-state index contributed by atoms with van der Waals surface area (Å²) in [4.78, 5) is 4.31. The predicted molar refractivity (Wildman–Crippen MR) is 39.5 cm³/mol. The maximum Gasteiger partial charge on any atom is 0.129 e. The first-order valence-corrected chi connectivity index (χ1v) is 4.21. The highest BCUT2D eigenvalue weighted by atomic mass is 16.7. The summed E-state index contributed by atoms with van der Waals surface area (Å²) in [5.74, 6) is 0. The molecule has 60 valence electrons. The van der Waals surface area contributed by atoms with Crippen LogP contribution in [-0.2, 0) is 9.47 Å². The summed E-state index contributed by atoms with van der Waals surface area (Å²) in [6.07, 6.45) is 3.01. The van der Waals surface area contributed by atoms with Gasteiger partial charge in [0.25, 0.3) is 0 Å². The Bertz CT molecular complexity index is 330. The Labute approximate surface area is 69.3 Å². The lowest BCUT2D eigenvalue weighted by Gasteiger charge is -2.05. The van der Waals surface area contributed by atoms with Crippen LogP contribution in [0.15, 0.2) is 18.3 Å². The zero-order chi connectivity index (χ0) is 7.71. The first kappa shape index (κ1) is 5.67. The molecule has 0 N–H and O–H groups in total. The van der Waals surface area contributed by atoms with Gasteiger partial charge < -0.3 is 9.47 Å². The highest BCUT2D eigenvalue weighted by Gasteiger charge is 2.64. The number of ether oxygens (including phenoxy) is 2. The van der Waals surface area contributed by atoms with E-state index in [4.69, 9.17) is 9.47 Å². The van der Waals surface area contributed by atoms with E-state index >= 15 is 0 Å². The van der Waals surface area contributed by atoms with Gasteiger partial charge in [-0.25, -0.2) is 0 Å². The first-order valence-electron chi connectivity index (χ1n) is 4.21. The molecule has 2 fully saturated rings. The maximum absolute atomic E-state index is 5.49. The summed E-state index contributed by atoms with van der Waals surface area (Å²) in [6, 6.07) is 4.05. The molecule has 1 aliphatic carbocycles. The van der Waals surface area contributed by atoms with Crippen LogP contribution in [0.4, 0.5) is 0 Å². The first-order chi connectivity index (χ1) is 5.95. The van der Waals surface area contributed by atoms with Crippen molar-refractivity contribution >= 4 is 0 Å². The molecule has 1 aromatic heterocycles. The Morgan fingerprint density at radius 2 is 2.00 bits per heavy atom. The number of fused-ring (bicyclic) bond motifs is 6. The molecule has 4 rings (SSSR count). The largest absolute Gasteiger partial charge is 0.361 e. The van der Waals surface area contributed by atoms with Crippen LogP contribution < -0.4 is 0 Å². The van der Waals surface area contributed by atoms with Crippen LogP contribution in [0, 0.1) is 0 Å². The smallest absolute Gasteiger partial charge is 0.129 e. The van der Waals surface area contributed by atoms with E-state index in [0.717, 1.165) is 5.69 Å². The second kappa shape index (κ2) is 1.56. The summed E-state index contributed by atoms with van der Waals surface area (Å²) in [5.41, 5.74) is 2.34. The summed E-state index contributed by atoms with van der Waals surface area (Å²) in [5, 5.41) is 0. The van der Waals surface area contributed by atoms with Gasteiger partial charge in [0, 0.05) is 11.8 Å². The molecule has 3 aliphatic rings. The molecule has 2 saturated heterocycles. The van der Waals surface area contributed by atoms with Gasteiger partial charge in [-0.15, -0.1) is 0 Å². The van der Waals surface area contributed by atoms with Crippen LogP contribution in [0.3, 0.4) is 0 Å². The zero-order valence-electron chi connectivity index (χ0n) is 6.31. The third kappa shape index (κ3) is 0.509. The highest BCUT2D eigenvalue weighted by Crippen LogP contribution is 2.59. The van der Waals surface area contributed by atoms with E-state index in [1.165, 1.54) is 5.56 Å². The zero-order valence-corrected chi connectivity index (χ0v) is 6.31. The monoisotopic (exact) mass is 161 g/mol. The quantitative estimate of drug-likeness (QED) is 0.532. The second-order valence-corrected chi connectivity index (χ2v) is 3.52. The van der Waals surface area contributed by atoms with Crippen molar-refractivity contribution < 1.29 is 9.47 Å². The molecular weight excluding hydrogens is 154 g/mol. The lowest BCUT2D eigenvalue weighted by Crippen LogP contribution is -2.08. The predicted octanol–water partition coefficient (Wildman–Crippen LogP) is 0.975. The summed E-state index contributed by atoms with van der Waals surface area (Å²) in [6.45, 7) is 0. The van der Waals surface area contributed by atoms with E-state index in [9.17, 15) is 0 Å². The Kier molecular flexibility index (Phi) is 0.736. The van der Waals surface area contributed by atoms with Gasteiger partial charge in [-0.3, -0.25) is 4.98 Å². The number of hydrogen-bond acceptors (Lipinski definition) is 3. The number of rotatable bonds is 0. The molecule has 0 spiro atoms. The van der Waals surface area contributed by atoms with Crippen LogP contribution in [0.25, 0.3) is 0 Å². The van der Waals surface area contributed by atoms with Crippen LogP contribution >= 0.6 is 0 Å². The SMILES string of the molecule is c1cnc2c(c1)[C@@H]1O[C@@H]1[C@@H]1O[C@H]21. The summed E-state index contributed by atoms with van der Waals surface area (Å²) < 4.78 is 11.0. The van der Waals surface area contributed by atoms with Crippen molar-refractivity contribution in [3.8, 4) is 0 Å². The minimum absolute atomic E-state index is 0.241. The molecule has 3 heterocycles. The minimum atomic E-state index is 0.241. The standard InChI is InChI=1S/C9H7NO2/c1-2-4-5(10-3-1)7-9(12-7)8-6(4)11-8/h1-3,6-9H/t6-,7+,8-,9+/m0/s1. The third-order valence-corrected chi connectivity index (χ3v) is 2.82. The van der Waals surface area contributed by atoms with E-state index in [2.05, 4.69) is 11.1 Å². The molecule has 1 aromatic rings. The molecule has 4 atom stereocenters. The fraction of sp³-hybridized carbons (Fsp3) is 0.444. The molecule has 12 heavy (non-hydrogen) atoms. The average Bonchev–Trinajstić information content (AvgIpc) is 2.98. The van der Waals surface area contributed by atoms with Crippen LogP contribution in [0.1, 0.15) is 23.5 Å². The lowest BCUT2D eigenvalue weighted by atomic mass is 9.96.